The molecule has 0 aliphatic heterocycles. The number of fused-ring (bicyclic) bond motifs is 1. The van der Waals surface area contributed by atoms with Crippen LogP contribution in [-0.4, -0.2) is 46.1 Å². The fourth-order valence-electron chi connectivity index (χ4n) is 4.03. The van der Waals surface area contributed by atoms with Crippen LogP contribution in [0.25, 0.3) is 10.9 Å². The van der Waals surface area contributed by atoms with E-state index in [4.69, 9.17) is 27.9 Å². The quantitative estimate of drug-likeness (QED) is 0.219. The standard InChI is InChI=1S/C28H28Cl2N4O4S/c1-19-4-11-26(38-2)27(16-19)39(36,37)34(22-8-5-20(29)6-9-22)18-28(35)33-14-3-13-31-24-12-15-32-25-17-21(30)7-10-23(24)25/h4-12,15-17H,3,13-14,18H2,1-2H3,(H,31,32)(H,33,35). The number of aromatic nitrogens is 1. The fourth-order valence-corrected chi connectivity index (χ4v) is 5.98. The predicted molar refractivity (Wildman–Crippen MR) is 157 cm³/mol. The third kappa shape index (κ3) is 6.92. The number of hydrogen-bond donors (Lipinski definition) is 2. The van der Waals surface area contributed by atoms with Gasteiger partial charge in [0.25, 0.3) is 10.0 Å². The first-order valence-corrected chi connectivity index (χ1v) is 14.4. The van der Waals surface area contributed by atoms with Gasteiger partial charge in [-0.2, -0.15) is 0 Å². The first-order valence-electron chi connectivity index (χ1n) is 12.2. The molecule has 0 radical (unpaired) electrons. The zero-order chi connectivity index (χ0) is 28.0. The number of hydrogen-bond acceptors (Lipinski definition) is 6. The SMILES string of the molecule is COc1ccc(C)cc1S(=O)(=O)N(CC(=O)NCCCNc1ccnc2cc(Cl)ccc12)c1ccc(Cl)cc1. The minimum atomic E-state index is -4.15. The minimum absolute atomic E-state index is 0.0252. The summed E-state index contributed by atoms with van der Waals surface area (Å²) in [5.74, 6) is -0.249. The molecule has 0 bridgehead atoms. The van der Waals surface area contributed by atoms with Crippen molar-refractivity contribution < 1.29 is 17.9 Å². The topological polar surface area (TPSA) is 101 Å². The van der Waals surface area contributed by atoms with Crippen molar-refractivity contribution in [3.05, 3.63) is 88.5 Å². The van der Waals surface area contributed by atoms with Gasteiger partial charge in [0.15, 0.2) is 0 Å². The molecule has 4 rings (SSSR count). The number of nitrogens with one attached hydrogen (secondary N) is 2. The van der Waals surface area contributed by atoms with Gasteiger partial charge in [-0.05, 0) is 79.6 Å². The lowest BCUT2D eigenvalue weighted by Crippen LogP contribution is -2.41. The smallest absolute Gasteiger partial charge is 0.268 e. The van der Waals surface area contributed by atoms with E-state index in [0.29, 0.717) is 35.2 Å². The number of sulfonamides is 1. The van der Waals surface area contributed by atoms with Gasteiger partial charge in [-0.1, -0.05) is 29.3 Å². The molecule has 204 valence electrons. The third-order valence-electron chi connectivity index (χ3n) is 5.98. The van der Waals surface area contributed by atoms with Gasteiger partial charge in [0, 0.05) is 40.4 Å². The Morgan fingerprint density at radius 2 is 1.72 bits per heavy atom. The number of carbonyl (C=O) groups is 1. The van der Waals surface area contributed by atoms with Crippen LogP contribution in [0.2, 0.25) is 10.0 Å². The highest BCUT2D eigenvalue weighted by molar-refractivity contribution is 7.93. The van der Waals surface area contributed by atoms with Crippen LogP contribution >= 0.6 is 23.2 Å². The Morgan fingerprint density at radius 3 is 2.46 bits per heavy atom. The van der Waals surface area contributed by atoms with Crippen molar-refractivity contribution in [3.63, 3.8) is 0 Å². The molecule has 8 nitrogen and oxygen atoms in total. The van der Waals surface area contributed by atoms with Crippen LogP contribution in [-0.2, 0) is 14.8 Å². The van der Waals surface area contributed by atoms with Crippen molar-refractivity contribution in [1.82, 2.24) is 10.3 Å². The van der Waals surface area contributed by atoms with Crippen molar-refractivity contribution in [3.8, 4) is 5.75 Å². The molecule has 0 aliphatic rings. The zero-order valence-electron chi connectivity index (χ0n) is 21.4. The van der Waals surface area contributed by atoms with Gasteiger partial charge in [-0.15, -0.1) is 0 Å². The number of pyridine rings is 1. The summed E-state index contributed by atoms with van der Waals surface area (Å²) in [6, 6.07) is 18.5. The van der Waals surface area contributed by atoms with Crippen molar-refractivity contribution in [2.45, 2.75) is 18.2 Å². The van der Waals surface area contributed by atoms with Crippen LogP contribution in [0.1, 0.15) is 12.0 Å². The fraction of sp³-hybridized carbons (Fsp3) is 0.214. The molecule has 0 saturated heterocycles. The van der Waals surface area contributed by atoms with E-state index in [0.717, 1.165) is 26.5 Å². The maximum absolute atomic E-state index is 13.8. The van der Waals surface area contributed by atoms with Gasteiger partial charge in [-0.25, -0.2) is 8.42 Å². The summed E-state index contributed by atoms with van der Waals surface area (Å²) in [5, 5.41) is 8.18. The Balaban J connectivity index is 1.43. The Kier molecular flexibility index (Phi) is 9.16. The van der Waals surface area contributed by atoms with Crippen LogP contribution in [0.5, 0.6) is 5.75 Å². The number of amides is 1. The van der Waals surface area contributed by atoms with E-state index in [9.17, 15) is 13.2 Å². The number of halogens is 2. The molecular weight excluding hydrogens is 559 g/mol. The predicted octanol–water partition coefficient (Wildman–Crippen LogP) is 5.67. The maximum Gasteiger partial charge on any atom is 0.268 e. The van der Waals surface area contributed by atoms with Crippen LogP contribution in [0, 0.1) is 6.92 Å². The van der Waals surface area contributed by atoms with E-state index >= 15 is 0 Å². The minimum Gasteiger partial charge on any atom is -0.495 e. The van der Waals surface area contributed by atoms with Crippen molar-refractivity contribution in [1.29, 1.82) is 0 Å². The lowest BCUT2D eigenvalue weighted by atomic mass is 10.2. The lowest BCUT2D eigenvalue weighted by molar-refractivity contribution is -0.119. The Labute approximate surface area is 238 Å². The highest BCUT2D eigenvalue weighted by atomic mass is 35.5. The second-order valence-corrected chi connectivity index (χ2v) is 11.5. The number of nitrogens with zero attached hydrogens (tertiary/aromatic N) is 2. The molecule has 4 aromatic rings. The molecule has 3 aromatic carbocycles. The van der Waals surface area contributed by atoms with Crippen LogP contribution in [0.3, 0.4) is 0 Å². The number of aryl methyl sites for hydroxylation is 1. The van der Waals surface area contributed by atoms with Gasteiger partial charge in [0.2, 0.25) is 5.91 Å². The van der Waals surface area contributed by atoms with Crippen LogP contribution in [0.15, 0.2) is 77.8 Å². The van der Waals surface area contributed by atoms with E-state index in [1.807, 2.05) is 18.2 Å². The number of methoxy groups -OCH3 is 1. The number of ether oxygens (including phenoxy) is 1. The van der Waals surface area contributed by atoms with Crippen LogP contribution < -0.4 is 19.7 Å². The molecular formula is C28H28Cl2N4O4S. The van der Waals surface area contributed by atoms with E-state index in [1.54, 1.807) is 55.6 Å². The molecule has 1 heterocycles. The molecule has 0 atom stereocenters. The number of benzene rings is 3. The maximum atomic E-state index is 13.8. The highest BCUT2D eigenvalue weighted by Gasteiger charge is 2.30. The summed E-state index contributed by atoms with van der Waals surface area (Å²) in [6.45, 7) is 2.31. The Morgan fingerprint density at radius 1 is 0.974 bits per heavy atom. The number of rotatable bonds is 11. The summed E-state index contributed by atoms with van der Waals surface area (Å²) < 4.78 is 33.9. The lowest BCUT2D eigenvalue weighted by Gasteiger charge is -2.25. The molecule has 0 fully saturated rings. The normalized spacial score (nSPS) is 11.3. The zero-order valence-corrected chi connectivity index (χ0v) is 23.8. The summed E-state index contributed by atoms with van der Waals surface area (Å²) in [7, 11) is -2.74. The van der Waals surface area contributed by atoms with Crippen LogP contribution in [0.4, 0.5) is 11.4 Å². The summed E-state index contributed by atoms with van der Waals surface area (Å²) in [4.78, 5) is 17.2. The van der Waals surface area contributed by atoms with Crippen molar-refractivity contribution in [2.24, 2.45) is 0 Å². The first-order chi connectivity index (χ1) is 18.7. The van der Waals surface area contributed by atoms with E-state index in [2.05, 4.69) is 15.6 Å². The molecule has 1 amide bonds. The molecule has 0 spiro atoms. The second kappa shape index (κ2) is 12.5. The van der Waals surface area contributed by atoms with E-state index < -0.39 is 22.5 Å². The Bertz CT molecular complexity index is 1580. The molecule has 0 aliphatic carbocycles. The molecule has 1 aromatic heterocycles. The molecule has 11 heteroatoms. The number of carbonyl (C=O) groups excluding carboxylic acids is 1. The Hall–Kier alpha value is -3.53. The number of anilines is 2. The van der Waals surface area contributed by atoms with Gasteiger partial charge in [0.05, 0.1) is 18.3 Å². The molecule has 39 heavy (non-hydrogen) atoms. The highest BCUT2D eigenvalue weighted by Crippen LogP contribution is 2.31. The summed E-state index contributed by atoms with van der Waals surface area (Å²) in [6.07, 6.45) is 2.32. The summed E-state index contributed by atoms with van der Waals surface area (Å²) >= 11 is 12.1. The first kappa shape index (κ1) is 28.5. The largest absolute Gasteiger partial charge is 0.495 e. The van der Waals surface area contributed by atoms with Crippen molar-refractivity contribution >= 4 is 61.4 Å². The van der Waals surface area contributed by atoms with Gasteiger partial charge in [-0.3, -0.25) is 14.1 Å². The van der Waals surface area contributed by atoms with Gasteiger partial charge >= 0.3 is 0 Å². The van der Waals surface area contributed by atoms with E-state index in [1.165, 1.54) is 13.2 Å². The van der Waals surface area contributed by atoms with Crippen molar-refractivity contribution in [2.75, 3.05) is 36.4 Å². The van der Waals surface area contributed by atoms with E-state index in [-0.39, 0.29) is 10.6 Å². The average molecular weight is 588 g/mol. The monoisotopic (exact) mass is 586 g/mol. The van der Waals surface area contributed by atoms with Gasteiger partial charge < -0.3 is 15.4 Å². The summed E-state index contributed by atoms with van der Waals surface area (Å²) in [5.41, 5.74) is 2.75. The van der Waals surface area contributed by atoms with Gasteiger partial charge in [0.1, 0.15) is 17.2 Å². The molecule has 0 unspecified atom stereocenters. The molecule has 0 saturated carbocycles. The average Bonchev–Trinajstić information content (AvgIpc) is 2.92. The molecule has 2 N–H and O–H groups in total. The third-order valence-corrected chi connectivity index (χ3v) is 8.27. The second-order valence-electron chi connectivity index (χ2n) is 8.79.